The molecule has 2 unspecified atom stereocenters. The number of nitrogens with zero attached hydrogens (tertiary/aromatic N) is 3. The van der Waals surface area contributed by atoms with E-state index in [0.717, 1.165) is 31.5 Å². The van der Waals surface area contributed by atoms with E-state index < -0.39 is 0 Å². The molecule has 2 N–H and O–H groups in total. The van der Waals surface area contributed by atoms with Crippen molar-refractivity contribution >= 4 is 36.6 Å². The van der Waals surface area contributed by atoms with Crippen molar-refractivity contribution in [2.75, 3.05) is 40.4 Å². The summed E-state index contributed by atoms with van der Waals surface area (Å²) in [7, 11) is 5.33. The molecule has 2 atom stereocenters. The Labute approximate surface area is 184 Å². The Morgan fingerprint density at radius 2 is 2.03 bits per heavy atom. The van der Waals surface area contributed by atoms with Crippen molar-refractivity contribution in [2.45, 2.75) is 31.7 Å². The van der Waals surface area contributed by atoms with Gasteiger partial charge in [0.05, 0.1) is 24.8 Å². The second-order valence-electron chi connectivity index (χ2n) is 7.94. The van der Waals surface area contributed by atoms with E-state index in [-0.39, 0.29) is 54.0 Å². The van der Waals surface area contributed by atoms with Crippen LogP contribution in [0.1, 0.15) is 37.3 Å². The summed E-state index contributed by atoms with van der Waals surface area (Å²) in [6.07, 6.45) is 6.57. The van der Waals surface area contributed by atoms with E-state index in [0.29, 0.717) is 26.0 Å². The average Bonchev–Trinajstić information content (AvgIpc) is 3.09. The van der Waals surface area contributed by atoms with Crippen LogP contribution in [0.15, 0.2) is 12.4 Å². The molecule has 0 saturated carbocycles. The molecule has 1 aromatic heterocycles. The van der Waals surface area contributed by atoms with Crippen LogP contribution in [0.25, 0.3) is 0 Å². The van der Waals surface area contributed by atoms with Crippen LogP contribution in [0.4, 0.5) is 0 Å². The van der Waals surface area contributed by atoms with Gasteiger partial charge in [-0.1, -0.05) is 0 Å². The molecule has 0 aromatic carbocycles. The topological polar surface area (TPSA) is 88.5 Å². The molecule has 10 heteroatoms. The van der Waals surface area contributed by atoms with E-state index in [1.807, 2.05) is 13.2 Å². The zero-order valence-corrected chi connectivity index (χ0v) is 19.0. The first-order valence-corrected chi connectivity index (χ1v) is 9.67. The van der Waals surface area contributed by atoms with Gasteiger partial charge in [0.25, 0.3) is 0 Å². The third kappa shape index (κ3) is 5.84. The molecule has 2 fully saturated rings. The van der Waals surface area contributed by atoms with Gasteiger partial charge in [0, 0.05) is 51.3 Å². The molecule has 0 aliphatic carbocycles. The fraction of sp³-hybridized carbons (Fsp3) is 0.737. The van der Waals surface area contributed by atoms with Crippen LogP contribution >= 0.6 is 24.8 Å². The van der Waals surface area contributed by atoms with Crippen LogP contribution in [-0.4, -0.2) is 66.9 Å². The summed E-state index contributed by atoms with van der Waals surface area (Å²) in [5.74, 6) is -0.183. The summed E-state index contributed by atoms with van der Waals surface area (Å²) in [6.45, 7) is 3.13. The van der Waals surface area contributed by atoms with E-state index in [9.17, 15) is 9.59 Å². The standard InChI is InChI=1S/C19H31N5O3.2ClH/c1-23-11-14(10-22-23)17-15(4-5-16(25)24(17)2)18(26)21-12-19(13-27-3)6-8-20-9-7-19;;/h10-11,15,17,20H,4-9,12-13H2,1-3H3,(H,21,26);2*1H. The third-order valence-electron chi connectivity index (χ3n) is 6.02. The van der Waals surface area contributed by atoms with Crippen LogP contribution in [0.3, 0.4) is 0 Å². The highest BCUT2D eigenvalue weighted by Crippen LogP contribution is 2.36. The molecule has 1 aromatic rings. The Kier molecular flexibility index (Phi) is 9.88. The van der Waals surface area contributed by atoms with E-state index in [1.54, 1.807) is 29.9 Å². The van der Waals surface area contributed by atoms with Gasteiger partial charge in [-0.05, 0) is 32.4 Å². The number of hydrogen-bond donors (Lipinski definition) is 2. The fourth-order valence-electron chi connectivity index (χ4n) is 4.40. The smallest absolute Gasteiger partial charge is 0.225 e. The highest BCUT2D eigenvalue weighted by atomic mass is 35.5. The zero-order valence-electron chi connectivity index (χ0n) is 17.3. The van der Waals surface area contributed by atoms with Gasteiger partial charge in [-0.2, -0.15) is 5.10 Å². The van der Waals surface area contributed by atoms with Crippen molar-refractivity contribution < 1.29 is 14.3 Å². The average molecular weight is 450 g/mol. The number of amides is 2. The Morgan fingerprint density at radius 3 is 2.62 bits per heavy atom. The Morgan fingerprint density at radius 1 is 1.34 bits per heavy atom. The van der Waals surface area contributed by atoms with E-state index in [1.165, 1.54) is 0 Å². The maximum Gasteiger partial charge on any atom is 0.225 e. The second kappa shape index (κ2) is 11.2. The van der Waals surface area contributed by atoms with Crippen LogP contribution in [0.5, 0.6) is 0 Å². The van der Waals surface area contributed by atoms with Gasteiger partial charge in [-0.25, -0.2) is 0 Å². The predicted molar refractivity (Wildman–Crippen MR) is 115 cm³/mol. The number of carbonyl (C=O) groups excluding carboxylic acids is 2. The van der Waals surface area contributed by atoms with Crippen molar-refractivity contribution in [3.63, 3.8) is 0 Å². The van der Waals surface area contributed by atoms with Crippen LogP contribution in [0.2, 0.25) is 0 Å². The first kappa shape index (κ1) is 25.7. The summed E-state index contributed by atoms with van der Waals surface area (Å²) in [4.78, 5) is 27.0. The number of aryl methyl sites for hydroxylation is 1. The number of carbonyl (C=O) groups is 2. The van der Waals surface area contributed by atoms with Crippen molar-refractivity contribution in [3.8, 4) is 0 Å². The zero-order chi connectivity index (χ0) is 19.4. The molecule has 0 radical (unpaired) electrons. The minimum Gasteiger partial charge on any atom is -0.384 e. The van der Waals surface area contributed by atoms with E-state index in [2.05, 4.69) is 15.7 Å². The lowest BCUT2D eigenvalue weighted by Crippen LogP contribution is -2.51. The van der Waals surface area contributed by atoms with E-state index in [4.69, 9.17) is 4.74 Å². The van der Waals surface area contributed by atoms with Crippen molar-refractivity contribution in [1.82, 2.24) is 25.3 Å². The number of likely N-dealkylation sites (tertiary alicyclic amines) is 1. The first-order chi connectivity index (χ1) is 13.0. The molecule has 2 saturated heterocycles. The molecular formula is C19H33Cl2N5O3. The lowest BCUT2D eigenvalue weighted by molar-refractivity contribution is -0.142. The molecule has 166 valence electrons. The van der Waals surface area contributed by atoms with Gasteiger partial charge in [-0.3, -0.25) is 14.3 Å². The number of halogens is 2. The van der Waals surface area contributed by atoms with Gasteiger partial charge in [0.2, 0.25) is 11.8 Å². The summed E-state index contributed by atoms with van der Waals surface area (Å²) in [6, 6.07) is -0.272. The van der Waals surface area contributed by atoms with Crippen molar-refractivity contribution in [2.24, 2.45) is 18.4 Å². The lowest BCUT2D eigenvalue weighted by Gasteiger charge is -2.40. The molecule has 8 nitrogen and oxygen atoms in total. The number of nitrogens with one attached hydrogen (secondary N) is 2. The van der Waals surface area contributed by atoms with E-state index >= 15 is 0 Å². The number of methoxy groups -OCH3 is 1. The number of aromatic nitrogens is 2. The van der Waals surface area contributed by atoms with Crippen molar-refractivity contribution in [1.29, 1.82) is 0 Å². The van der Waals surface area contributed by atoms with Gasteiger partial charge in [-0.15, -0.1) is 24.8 Å². The normalized spacial score (nSPS) is 23.7. The fourth-order valence-corrected chi connectivity index (χ4v) is 4.40. The molecular weight excluding hydrogens is 417 g/mol. The number of ether oxygens (including phenoxy) is 1. The van der Waals surface area contributed by atoms with Gasteiger partial charge in [0.1, 0.15) is 0 Å². The van der Waals surface area contributed by atoms with Crippen molar-refractivity contribution in [3.05, 3.63) is 18.0 Å². The molecule has 2 aliphatic heterocycles. The summed E-state index contributed by atoms with van der Waals surface area (Å²) >= 11 is 0. The van der Waals surface area contributed by atoms with Gasteiger partial charge < -0.3 is 20.3 Å². The minimum atomic E-state index is -0.272. The third-order valence-corrected chi connectivity index (χ3v) is 6.02. The van der Waals surface area contributed by atoms with Gasteiger partial charge >= 0.3 is 0 Å². The summed E-state index contributed by atoms with van der Waals surface area (Å²) in [5.41, 5.74) is 0.886. The summed E-state index contributed by atoms with van der Waals surface area (Å²) < 4.78 is 7.15. The summed E-state index contributed by atoms with van der Waals surface area (Å²) in [5, 5.41) is 10.8. The lowest BCUT2D eigenvalue weighted by atomic mass is 9.79. The van der Waals surface area contributed by atoms with Crippen LogP contribution < -0.4 is 10.6 Å². The molecule has 0 bridgehead atoms. The van der Waals surface area contributed by atoms with Crippen LogP contribution in [-0.2, 0) is 21.4 Å². The second-order valence-corrected chi connectivity index (χ2v) is 7.94. The predicted octanol–water partition coefficient (Wildman–Crippen LogP) is 1.31. The quantitative estimate of drug-likeness (QED) is 0.683. The Hall–Kier alpha value is -1.35. The molecule has 2 aliphatic rings. The molecule has 29 heavy (non-hydrogen) atoms. The minimum absolute atomic E-state index is 0. The SMILES string of the molecule is COCC1(CNC(=O)C2CCC(=O)N(C)C2c2cnn(C)c2)CCNCC1.Cl.Cl. The Balaban J connectivity index is 0.00000210. The maximum absolute atomic E-state index is 13.1. The van der Waals surface area contributed by atoms with Gasteiger partial charge in [0.15, 0.2) is 0 Å². The van der Waals surface area contributed by atoms with Crippen LogP contribution in [0, 0.1) is 11.3 Å². The molecule has 3 rings (SSSR count). The number of piperidine rings is 2. The molecule has 0 spiro atoms. The number of hydrogen-bond acceptors (Lipinski definition) is 5. The molecule has 2 amide bonds. The maximum atomic E-state index is 13.1. The highest BCUT2D eigenvalue weighted by Gasteiger charge is 2.40. The first-order valence-electron chi connectivity index (χ1n) is 9.67. The molecule has 3 heterocycles. The number of rotatable bonds is 6. The highest BCUT2D eigenvalue weighted by molar-refractivity contribution is 5.86. The Bertz CT molecular complexity index is 673. The monoisotopic (exact) mass is 449 g/mol. The largest absolute Gasteiger partial charge is 0.384 e.